The summed E-state index contributed by atoms with van der Waals surface area (Å²) in [6, 6.07) is 16.2. The number of benzene rings is 2. The minimum Gasteiger partial charge on any atom is -0.494 e. The molecule has 0 bridgehead atoms. The molecular weight excluding hydrogens is 450 g/mol. The molecule has 1 aliphatic rings. The van der Waals surface area contributed by atoms with E-state index in [-0.39, 0.29) is 6.10 Å². The van der Waals surface area contributed by atoms with Crippen LogP contribution in [0, 0.1) is 0 Å². The maximum atomic E-state index is 5.89. The van der Waals surface area contributed by atoms with Crippen LogP contribution in [-0.2, 0) is 4.74 Å². The van der Waals surface area contributed by atoms with Gasteiger partial charge >= 0.3 is 0 Å². The summed E-state index contributed by atoms with van der Waals surface area (Å²) in [6.07, 6.45) is 3.80. The zero-order valence-corrected chi connectivity index (χ0v) is 18.8. The van der Waals surface area contributed by atoms with Crippen LogP contribution in [0.4, 0.5) is 0 Å². The average molecular weight is 474 g/mol. The van der Waals surface area contributed by atoms with Crippen LogP contribution in [0.15, 0.2) is 58.2 Å². The van der Waals surface area contributed by atoms with Crippen molar-refractivity contribution in [1.29, 1.82) is 0 Å². The van der Waals surface area contributed by atoms with E-state index >= 15 is 0 Å². The fourth-order valence-electron chi connectivity index (χ4n) is 3.35. The summed E-state index contributed by atoms with van der Waals surface area (Å²) in [6.45, 7) is 3.50. The average Bonchev–Trinajstić information content (AvgIpc) is 3.18. The molecule has 0 saturated carbocycles. The number of hydrogen-bond acceptors (Lipinski definition) is 5. The molecule has 1 saturated heterocycles. The highest BCUT2D eigenvalue weighted by atomic mass is 79.9. The molecule has 3 aromatic rings. The number of thioether (sulfide) groups is 1. The molecule has 152 valence electrons. The van der Waals surface area contributed by atoms with E-state index in [0.29, 0.717) is 6.61 Å². The van der Waals surface area contributed by atoms with Gasteiger partial charge in [-0.2, -0.15) is 0 Å². The monoisotopic (exact) mass is 473 g/mol. The SMILES string of the molecule is CCOc1ccc(-n2c(SC[C@@H]3CCCCO3)nnc2-c2ccc(Br)cc2)cc1. The number of aromatic nitrogens is 3. The second-order valence-electron chi connectivity index (χ2n) is 6.87. The predicted octanol–water partition coefficient (Wildman–Crippen LogP) is 5.76. The van der Waals surface area contributed by atoms with Gasteiger partial charge in [0.15, 0.2) is 11.0 Å². The molecule has 1 aliphatic heterocycles. The van der Waals surface area contributed by atoms with Crippen LogP contribution in [0.25, 0.3) is 17.1 Å². The van der Waals surface area contributed by atoms with Gasteiger partial charge in [0.1, 0.15) is 5.75 Å². The summed E-state index contributed by atoms with van der Waals surface area (Å²) in [5.74, 6) is 2.57. The molecule has 0 unspecified atom stereocenters. The summed E-state index contributed by atoms with van der Waals surface area (Å²) in [5.41, 5.74) is 2.04. The molecule has 4 rings (SSSR count). The minimum atomic E-state index is 0.287. The maximum absolute atomic E-state index is 5.89. The molecule has 0 N–H and O–H groups in total. The van der Waals surface area contributed by atoms with E-state index in [0.717, 1.165) is 57.7 Å². The standard InChI is InChI=1S/C22H24BrN3O2S/c1-2-27-19-12-10-18(11-13-19)26-21(16-6-8-17(23)9-7-16)24-25-22(26)29-15-20-5-3-4-14-28-20/h6-13,20H,2-5,14-15H2,1H3/t20-/m0/s1. The third-order valence-electron chi connectivity index (χ3n) is 4.81. The van der Waals surface area contributed by atoms with Gasteiger partial charge in [0.2, 0.25) is 0 Å². The normalized spacial score (nSPS) is 16.7. The largest absolute Gasteiger partial charge is 0.494 e. The molecule has 29 heavy (non-hydrogen) atoms. The molecule has 2 aromatic carbocycles. The lowest BCUT2D eigenvalue weighted by atomic mass is 10.1. The number of ether oxygens (including phenoxy) is 2. The quantitative estimate of drug-likeness (QED) is 0.408. The minimum absolute atomic E-state index is 0.287. The van der Waals surface area contributed by atoms with Crippen molar-refractivity contribution in [3.05, 3.63) is 53.0 Å². The fourth-order valence-corrected chi connectivity index (χ4v) is 4.63. The summed E-state index contributed by atoms with van der Waals surface area (Å²) >= 11 is 5.21. The van der Waals surface area contributed by atoms with Crippen LogP contribution >= 0.6 is 27.7 Å². The van der Waals surface area contributed by atoms with Crippen molar-refractivity contribution in [1.82, 2.24) is 14.8 Å². The zero-order valence-electron chi connectivity index (χ0n) is 16.4. The van der Waals surface area contributed by atoms with E-state index in [9.17, 15) is 0 Å². The second kappa shape index (κ2) is 9.78. The lowest BCUT2D eigenvalue weighted by Crippen LogP contribution is -2.21. The Morgan fingerprint density at radius 2 is 1.90 bits per heavy atom. The van der Waals surface area contributed by atoms with Crippen LogP contribution in [0.1, 0.15) is 26.2 Å². The van der Waals surface area contributed by atoms with E-state index in [2.05, 4.69) is 55.0 Å². The molecule has 2 heterocycles. The highest BCUT2D eigenvalue weighted by Gasteiger charge is 2.20. The highest BCUT2D eigenvalue weighted by molar-refractivity contribution is 9.10. The van der Waals surface area contributed by atoms with Crippen LogP contribution in [0.3, 0.4) is 0 Å². The molecule has 0 radical (unpaired) electrons. The molecule has 1 aromatic heterocycles. The van der Waals surface area contributed by atoms with E-state index < -0.39 is 0 Å². The van der Waals surface area contributed by atoms with Gasteiger partial charge in [-0.1, -0.05) is 39.8 Å². The first-order valence-electron chi connectivity index (χ1n) is 9.93. The highest BCUT2D eigenvalue weighted by Crippen LogP contribution is 2.31. The Morgan fingerprint density at radius 3 is 2.59 bits per heavy atom. The third-order valence-corrected chi connectivity index (χ3v) is 6.40. The van der Waals surface area contributed by atoms with Crippen molar-refractivity contribution in [3.63, 3.8) is 0 Å². The fraction of sp³-hybridized carbons (Fsp3) is 0.364. The van der Waals surface area contributed by atoms with Crippen molar-refractivity contribution in [2.24, 2.45) is 0 Å². The summed E-state index contributed by atoms with van der Waals surface area (Å²) in [7, 11) is 0. The first-order valence-corrected chi connectivity index (χ1v) is 11.7. The summed E-state index contributed by atoms with van der Waals surface area (Å²) in [4.78, 5) is 0. The Labute approximate surface area is 184 Å². The Morgan fingerprint density at radius 1 is 1.10 bits per heavy atom. The van der Waals surface area contributed by atoms with Crippen LogP contribution in [0.5, 0.6) is 5.75 Å². The van der Waals surface area contributed by atoms with Gasteiger partial charge in [-0.05, 0) is 62.6 Å². The zero-order chi connectivity index (χ0) is 20.1. The van der Waals surface area contributed by atoms with Gasteiger partial charge in [0.05, 0.1) is 12.7 Å². The van der Waals surface area contributed by atoms with E-state index in [1.807, 2.05) is 31.2 Å². The molecular formula is C22H24BrN3O2S. The predicted molar refractivity (Wildman–Crippen MR) is 120 cm³/mol. The molecule has 1 atom stereocenters. The number of halogens is 1. The number of hydrogen-bond donors (Lipinski definition) is 0. The lowest BCUT2D eigenvalue weighted by Gasteiger charge is -2.22. The van der Waals surface area contributed by atoms with E-state index in [4.69, 9.17) is 9.47 Å². The van der Waals surface area contributed by atoms with Crippen molar-refractivity contribution < 1.29 is 9.47 Å². The van der Waals surface area contributed by atoms with E-state index in [1.54, 1.807) is 11.8 Å². The topological polar surface area (TPSA) is 49.2 Å². The maximum Gasteiger partial charge on any atom is 0.196 e. The summed E-state index contributed by atoms with van der Waals surface area (Å²) in [5, 5.41) is 9.91. The summed E-state index contributed by atoms with van der Waals surface area (Å²) < 4.78 is 14.6. The molecule has 7 heteroatoms. The molecule has 0 spiro atoms. The Balaban J connectivity index is 1.66. The van der Waals surface area contributed by atoms with Gasteiger partial charge in [-0.25, -0.2) is 0 Å². The Bertz CT molecular complexity index is 922. The lowest BCUT2D eigenvalue weighted by molar-refractivity contribution is 0.0315. The molecule has 0 amide bonds. The van der Waals surface area contributed by atoms with Crippen LogP contribution in [-0.4, -0.2) is 39.8 Å². The second-order valence-corrected chi connectivity index (χ2v) is 8.78. The smallest absolute Gasteiger partial charge is 0.196 e. The van der Waals surface area contributed by atoms with E-state index in [1.165, 1.54) is 6.42 Å². The van der Waals surface area contributed by atoms with Gasteiger partial charge < -0.3 is 9.47 Å². The van der Waals surface area contributed by atoms with Gasteiger partial charge in [0.25, 0.3) is 0 Å². The number of nitrogens with zero attached hydrogens (tertiary/aromatic N) is 3. The van der Waals surface area contributed by atoms with Crippen molar-refractivity contribution in [2.75, 3.05) is 19.0 Å². The Hall–Kier alpha value is -1.83. The van der Waals surface area contributed by atoms with Crippen molar-refractivity contribution >= 4 is 27.7 Å². The van der Waals surface area contributed by atoms with Crippen LogP contribution < -0.4 is 4.74 Å². The van der Waals surface area contributed by atoms with Crippen molar-refractivity contribution in [3.8, 4) is 22.8 Å². The van der Waals surface area contributed by atoms with Crippen LogP contribution in [0.2, 0.25) is 0 Å². The van der Waals surface area contributed by atoms with Crippen molar-refractivity contribution in [2.45, 2.75) is 37.4 Å². The Kier molecular flexibility index (Phi) is 6.90. The first-order chi connectivity index (χ1) is 14.2. The molecule has 5 nitrogen and oxygen atoms in total. The number of rotatable bonds is 7. The third kappa shape index (κ3) is 5.02. The van der Waals surface area contributed by atoms with Gasteiger partial charge in [-0.3, -0.25) is 4.57 Å². The first kappa shape index (κ1) is 20.4. The molecule has 0 aliphatic carbocycles. The molecule has 1 fully saturated rings. The van der Waals surface area contributed by atoms with Gasteiger partial charge in [0, 0.05) is 28.1 Å². The van der Waals surface area contributed by atoms with Gasteiger partial charge in [-0.15, -0.1) is 10.2 Å².